The highest BCUT2D eigenvalue weighted by molar-refractivity contribution is 5.85. The highest BCUT2D eigenvalue weighted by atomic mass is 35.5. The summed E-state index contributed by atoms with van der Waals surface area (Å²) in [5, 5.41) is 3.42. The molecule has 2 aromatic rings. The van der Waals surface area contributed by atoms with Crippen LogP contribution in [0.3, 0.4) is 0 Å². The Morgan fingerprint density at radius 2 is 1.93 bits per heavy atom. The number of carbonyl (C=O) groups is 1. The third-order valence-electron chi connectivity index (χ3n) is 5.01. The predicted octanol–water partition coefficient (Wildman–Crippen LogP) is 3.45. The smallest absolute Gasteiger partial charge is 0.226 e. The maximum absolute atomic E-state index is 13.1. The van der Waals surface area contributed by atoms with Gasteiger partial charge in [0.25, 0.3) is 0 Å². The van der Waals surface area contributed by atoms with Crippen molar-refractivity contribution in [2.24, 2.45) is 0 Å². The molecule has 1 aromatic heterocycles. The molecule has 1 unspecified atom stereocenters. The first kappa shape index (κ1) is 23.0. The summed E-state index contributed by atoms with van der Waals surface area (Å²) in [4.78, 5) is 19.5. The van der Waals surface area contributed by atoms with Crippen LogP contribution >= 0.6 is 12.4 Å². The SMILES string of the molecule is COc1ccccc1OCCC(=O)N(Cc1ccccn1)C1CCCNCC1.Cl. The van der Waals surface area contributed by atoms with Crippen LogP contribution in [0.1, 0.15) is 31.4 Å². The molecule has 1 fully saturated rings. The van der Waals surface area contributed by atoms with E-state index in [-0.39, 0.29) is 24.4 Å². The summed E-state index contributed by atoms with van der Waals surface area (Å²) in [6, 6.07) is 13.6. The van der Waals surface area contributed by atoms with E-state index < -0.39 is 0 Å². The summed E-state index contributed by atoms with van der Waals surface area (Å²) < 4.78 is 11.1. The maximum atomic E-state index is 13.1. The normalized spacial score (nSPS) is 16.2. The summed E-state index contributed by atoms with van der Waals surface area (Å²) in [5.41, 5.74) is 0.915. The molecule has 0 bridgehead atoms. The second-order valence-electron chi connectivity index (χ2n) is 6.93. The molecule has 0 saturated carbocycles. The van der Waals surface area contributed by atoms with Gasteiger partial charge < -0.3 is 19.7 Å². The average molecular weight is 420 g/mol. The lowest BCUT2D eigenvalue weighted by Crippen LogP contribution is -2.41. The summed E-state index contributed by atoms with van der Waals surface area (Å²) in [5.74, 6) is 1.44. The van der Waals surface area contributed by atoms with Gasteiger partial charge >= 0.3 is 0 Å². The summed E-state index contributed by atoms with van der Waals surface area (Å²) >= 11 is 0. The van der Waals surface area contributed by atoms with E-state index >= 15 is 0 Å². The number of amides is 1. The van der Waals surface area contributed by atoms with Gasteiger partial charge in [-0.15, -0.1) is 12.4 Å². The molecule has 1 aromatic carbocycles. The van der Waals surface area contributed by atoms with Crippen LogP contribution < -0.4 is 14.8 Å². The van der Waals surface area contributed by atoms with Gasteiger partial charge in [0.15, 0.2) is 11.5 Å². The molecule has 2 heterocycles. The number of carbonyl (C=O) groups excluding carboxylic acids is 1. The molecule has 0 radical (unpaired) electrons. The van der Waals surface area contributed by atoms with Crippen LogP contribution in [-0.2, 0) is 11.3 Å². The summed E-state index contributed by atoms with van der Waals surface area (Å²) in [6.07, 6.45) is 5.16. The largest absolute Gasteiger partial charge is 0.493 e. The predicted molar refractivity (Wildman–Crippen MR) is 116 cm³/mol. The lowest BCUT2D eigenvalue weighted by molar-refractivity contribution is -0.135. The number of nitrogens with zero attached hydrogens (tertiary/aromatic N) is 2. The zero-order valence-corrected chi connectivity index (χ0v) is 17.7. The molecule has 1 N–H and O–H groups in total. The van der Waals surface area contributed by atoms with Crippen molar-refractivity contribution < 1.29 is 14.3 Å². The Balaban J connectivity index is 0.00000300. The Hall–Kier alpha value is -2.31. The van der Waals surface area contributed by atoms with Crippen LogP contribution in [0.15, 0.2) is 48.7 Å². The fourth-order valence-corrected chi connectivity index (χ4v) is 3.53. The van der Waals surface area contributed by atoms with Crippen LogP contribution in [0.5, 0.6) is 11.5 Å². The fraction of sp³-hybridized carbons (Fsp3) is 0.455. The average Bonchev–Trinajstić information content (AvgIpc) is 3.02. The number of pyridine rings is 1. The number of halogens is 1. The van der Waals surface area contributed by atoms with E-state index in [1.807, 2.05) is 47.4 Å². The van der Waals surface area contributed by atoms with E-state index in [1.165, 1.54) is 0 Å². The van der Waals surface area contributed by atoms with Crippen LogP contribution in [0.25, 0.3) is 0 Å². The number of hydrogen-bond acceptors (Lipinski definition) is 5. The number of aromatic nitrogens is 1. The zero-order valence-electron chi connectivity index (χ0n) is 16.9. The van der Waals surface area contributed by atoms with Gasteiger partial charge in [-0.25, -0.2) is 0 Å². The molecular formula is C22H30ClN3O3. The van der Waals surface area contributed by atoms with Gasteiger partial charge in [0, 0.05) is 12.2 Å². The number of para-hydroxylation sites is 2. The maximum Gasteiger partial charge on any atom is 0.226 e. The van der Waals surface area contributed by atoms with Crippen molar-refractivity contribution in [2.45, 2.75) is 38.3 Å². The number of nitrogens with one attached hydrogen (secondary N) is 1. The molecule has 158 valence electrons. The van der Waals surface area contributed by atoms with Gasteiger partial charge in [-0.2, -0.15) is 0 Å². The van der Waals surface area contributed by atoms with Crippen LogP contribution in [0.2, 0.25) is 0 Å². The molecule has 7 heteroatoms. The van der Waals surface area contributed by atoms with Crippen molar-refractivity contribution in [2.75, 3.05) is 26.8 Å². The first-order valence-electron chi connectivity index (χ1n) is 9.94. The van der Waals surface area contributed by atoms with Crippen molar-refractivity contribution in [1.82, 2.24) is 15.2 Å². The molecule has 1 aliphatic rings. The Bertz CT molecular complexity index is 737. The Kier molecular flexibility index (Phi) is 9.74. The minimum Gasteiger partial charge on any atom is -0.493 e. The molecule has 1 amide bonds. The van der Waals surface area contributed by atoms with Gasteiger partial charge in [-0.3, -0.25) is 9.78 Å². The van der Waals surface area contributed by atoms with Crippen LogP contribution in [-0.4, -0.2) is 48.6 Å². The third-order valence-corrected chi connectivity index (χ3v) is 5.01. The number of hydrogen-bond donors (Lipinski definition) is 1. The van der Waals surface area contributed by atoms with Crippen molar-refractivity contribution >= 4 is 18.3 Å². The van der Waals surface area contributed by atoms with Crippen molar-refractivity contribution in [3.05, 3.63) is 54.4 Å². The molecule has 1 aliphatic heterocycles. The van der Waals surface area contributed by atoms with Gasteiger partial charge in [-0.1, -0.05) is 18.2 Å². The third kappa shape index (κ3) is 6.91. The first-order valence-corrected chi connectivity index (χ1v) is 9.94. The number of ether oxygens (including phenoxy) is 2. The molecule has 1 atom stereocenters. The topological polar surface area (TPSA) is 63.7 Å². The van der Waals surface area contributed by atoms with Gasteiger partial charge in [-0.05, 0) is 56.6 Å². The lowest BCUT2D eigenvalue weighted by atomic mass is 10.1. The minimum absolute atomic E-state index is 0. The Morgan fingerprint density at radius 1 is 1.14 bits per heavy atom. The molecule has 1 saturated heterocycles. The van der Waals surface area contributed by atoms with Crippen molar-refractivity contribution in [3.8, 4) is 11.5 Å². The fourth-order valence-electron chi connectivity index (χ4n) is 3.53. The standard InChI is InChI=1S/C22H29N3O3.ClH/c1-27-20-9-2-3-10-21(20)28-16-12-22(26)25(17-18-7-4-5-14-24-18)19-8-6-13-23-15-11-19;/h2-5,7,9-10,14,19,23H,6,8,11-13,15-17H2,1H3;1H. The first-order chi connectivity index (χ1) is 13.8. The van der Waals surface area contributed by atoms with E-state index in [1.54, 1.807) is 13.3 Å². The molecule has 0 spiro atoms. The van der Waals surface area contributed by atoms with Gasteiger partial charge in [0.05, 0.1) is 32.4 Å². The second-order valence-corrected chi connectivity index (χ2v) is 6.93. The molecule has 3 rings (SSSR count). The number of methoxy groups -OCH3 is 1. The van der Waals surface area contributed by atoms with E-state index in [9.17, 15) is 4.79 Å². The van der Waals surface area contributed by atoms with E-state index in [0.29, 0.717) is 31.1 Å². The van der Waals surface area contributed by atoms with E-state index in [4.69, 9.17) is 9.47 Å². The van der Waals surface area contributed by atoms with E-state index in [0.717, 1.165) is 38.0 Å². The zero-order chi connectivity index (χ0) is 19.6. The Labute approximate surface area is 179 Å². The van der Waals surface area contributed by atoms with Gasteiger partial charge in [0.2, 0.25) is 5.91 Å². The molecule has 0 aliphatic carbocycles. The Morgan fingerprint density at radius 3 is 2.69 bits per heavy atom. The highest BCUT2D eigenvalue weighted by Crippen LogP contribution is 2.26. The minimum atomic E-state index is 0. The second kappa shape index (κ2) is 12.3. The van der Waals surface area contributed by atoms with Crippen molar-refractivity contribution in [1.29, 1.82) is 0 Å². The lowest BCUT2D eigenvalue weighted by Gasteiger charge is -2.31. The molecular weight excluding hydrogens is 390 g/mol. The van der Waals surface area contributed by atoms with Crippen molar-refractivity contribution in [3.63, 3.8) is 0 Å². The highest BCUT2D eigenvalue weighted by Gasteiger charge is 2.25. The number of rotatable bonds is 8. The monoisotopic (exact) mass is 419 g/mol. The molecule has 6 nitrogen and oxygen atoms in total. The van der Waals surface area contributed by atoms with Crippen LogP contribution in [0, 0.1) is 0 Å². The van der Waals surface area contributed by atoms with E-state index in [2.05, 4.69) is 10.3 Å². The summed E-state index contributed by atoms with van der Waals surface area (Å²) in [7, 11) is 1.61. The quantitative estimate of drug-likeness (QED) is 0.710. The number of benzene rings is 1. The van der Waals surface area contributed by atoms with Crippen LogP contribution in [0.4, 0.5) is 0 Å². The summed E-state index contributed by atoms with van der Waals surface area (Å²) in [6.45, 7) is 2.81. The molecule has 29 heavy (non-hydrogen) atoms. The van der Waals surface area contributed by atoms with Gasteiger partial charge in [0.1, 0.15) is 0 Å².